The third kappa shape index (κ3) is 4.00. The molecule has 0 aliphatic heterocycles. The molecule has 0 radical (unpaired) electrons. The molecule has 0 fully saturated rings. The molecule has 2 aromatic rings. The van der Waals surface area contributed by atoms with Crippen LogP contribution in [-0.4, -0.2) is 23.5 Å². The Morgan fingerprint density at radius 3 is 2.38 bits per heavy atom. The van der Waals surface area contributed by atoms with Crippen molar-refractivity contribution in [3.8, 4) is 0 Å². The van der Waals surface area contributed by atoms with Crippen LogP contribution in [0, 0.1) is 0 Å². The molecule has 2 amide bonds. The van der Waals surface area contributed by atoms with Gasteiger partial charge in [0.15, 0.2) is 5.78 Å². The lowest BCUT2D eigenvalue weighted by molar-refractivity contribution is 0.101. The number of aliphatic hydroxyl groups excluding tert-OH is 1. The molecule has 5 nitrogen and oxygen atoms in total. The van der Waals surface area contributed by atoms with E-state index in [2.05, 4.69) is 10.6 Å². The summed E-state index contributed by atoms with van der Waals surface area (Å²) >= 11 is 0. The smallest absolute Gasteiger partial charge is 0.320 e. The normalized spacial score (nSPS) is 13.0. The van der Waals surface area contributed by atoms with E-state index in [-0.39, 0.29) is 12.4 Å². The van der Waals surface area contributed by atoms with Crippen molar-refractivity contribution in [3.63, 3.8) is 0 Å². The van der Waals surface area contributed by atoms with Crippen LogP contribution in [0.5, 0.6) is 0 Å². The second kappa shape index (κ2) is 7.75. The fraction of sp³-hybridized carbons (Fsp3) is 0.263. The minimum atomic E-state index is -0.858. The molecular weight excluding hydrogens is 304 g/mol. The summed E-state index contributed by atoms with van der Waals surface area (Å²) in [6, 6.07) is 15.7. The molecule has 2 rings (SSSR count). The molecule has 0 saturated heterocycles. The lowest BCUT2D eigenvalue weighted by atomic mass is 9.88. The summed E-state index contributed by atoms with van der Waals surface area (Å²) in [5, 5.41) is 15.5. The summed E-state index contributed by atoms with van der Waals surface area (Å²) < 4.78 is 0. The number of Topliss-reactive ketones (excluding diaryl/α,β-unsaturated/α-hetero) is 1. The van der Waals surface area contributed by atoms with Crippen molar-refractivity contribution in [2.45, 2.75) is 25.8 Å². The van der Waals surface area contributed by atoms with Gasteiger partial charge in [0.2, 0.25) is 0 Å². The lowest BCUT2D eigenvalue weighted by Gasteiger charge is -2.32. The molecule has 0 unspecified atom stereocenters. The van der Waals surface area contributed by atoms with Crippen molar-refractivity contribution in [3.05, 3.63) is 65.7 Å². The number of benzene rings is 2. The number of carbonyl (C=O) groups is 2. The van der Waals surface area contributed by atoms with E-state index < -0.39 is 11.6 Å². The molecule has 24 heavy (non-hydrogen) atoms. The largest absolute Gasteiger partial charge is 0.394 e. The van der Waals surface area contributed by atoms with Gasteiger partial charge in [0, 0.05) is 11.3 Å². The fourth-order valence-electron chi connectivity index (χ4n) is 2.56. The molecule has 5 heteroatoms. The molecule has 0 saturated carbocycles. The lowest BCUT2D eigenvalue weighted by Crippen LogP contribution is -2.49. The Hall–Kier alpha value is -2.66. The van der Waals surface area contributed by atoms with E-state index in [0.29, 0.717) is 17.7 Å². The topological polar surface area (TPSA) is 78.4 Å². The molecule has 0 spiro atoms. The molecule has 0 heterocycles. The highest BCUT2D eigenvalue weighted by Gasteiger charge is 2.31. The summed E-state index contributed by atoms with van der Waals surface area (Å²) in [7, 11) is 0. The van der Waals surface area contributed by atoms with Gasteiger partial charge in [-0.1, -0.05) is 49.4 Å². The van der Waals surface area contributed by atoms with Gasteiger partial charge in [-0.2, -0.15) is 0 Å². The quantitative estimate of drug-likeness (QED) is 0.713. The van der Waals surface area contributed by atoms with Crippen molar-refractivity contribution in [1.82, 2.24) is 5.32 Å². The van der Waals surface area contributed by atoms with Gasteiger partial charge < -0.3 is 15.7 Å². The number of hydrogen-bond donors (Lipinski definition) is 3. The molecule has 0 aliphatic rings. The third-order valence-corrected chi connectivity index (χ3v) is 4.08. The summed E-state index contributed by atoms with van der Waals surface area (Å²) in [5.74, 6) is -0.0680. The predicted molar refractivity (Wildman–Crippen MR) is 94.1 cm³/mol. The number of aliphatic hydroxyl groups is 1. The second-order valence-electron chi connectivity index (χ2n) is 5.68. The minimum Gasteiger partial charge on any atom is -0.394 e. The Morgan fingerprint density at radius 2 is 1.79 bits per heavy atom. The van der Waals surface area contributed by atoms with E-state index in [9.17, 15) is 14.7 Å². The Labute approximate surface area is 141 Å². The second-order valence-corrected chi connectivity index (χ2v) is 5.68. The van der Waals surface area contributed by atoms with Gasteiger partial charge in [0.25, 0.3) is 0 Å². The Kier molecular flexibility index (Phi) is 5.71. The number of amides is 2. The standard InChI is InChI=1S/C19H22N2O3/c1-3-19(13-22,16-9-5-4-6-10-16)21-18(24)20-17-11-7-8-15(12-17)14(2)23/h4-12,22H,3,13H2,1-2H3,(H2,20,21,24)/t19-/m1/s1. The van der Waals surface area contributed by atoms with Crippen LogP contribution in [0.1, 0.15) is 36.2 Å². The first kappa shape index (κ1) is 17.7. The first-order valence-corrected chi connectivity index (χ1v) is 7.87. The predicted octanol–water partition coefficient (Wildman–Crippen LogP) is 3.31. The Morgan fingerprint density at radius 1 is 1.08 bits per heavy atom. The molecule has 2 aromatic carbocycles. The molecule has 1 atom stereocenters. The van der Waals surface area contributed by atoms with Gasteiger partial charge in [0.05, 0.1) is 12.1 Å². The maximum Gasteiger partial charge on any atom is 0.320 e. The number of carbonyl (C=O) groups excluding carboxylic acids is 2. The van der Waals surface area contributed by atoms with Crippen LogP contribution in [0.25, 0.3) is 0 Å². The summed E-state index contributed by atoms with van der Waals surface area (Å²) in [6.45, 7) is 3.16. The van der Waals surface area contributed by atoms with Crippen LogP contribution in [0.2, 0.25) is 0 Å². The summed E-state index contributed by atoms with van der Waals surface area (Å²) in [5.41, 5.74) is 1.03. The monoisotopic (exact) mass is 326 g/mol. The number of nitrogens with one attached hydrogen (secondary N) is 2. The van der Waals surface area contributed by atoms with E-state index in [0.717, 1.165) is 5.56 Å². The molecule has 0 aliphatic carbocycles. The van der Waals surface area contributed by atoms with Crippen molar-refractivity contribution >= 4 is 17.5 Å². The van der Waals surface area contributed by atoms with Crippen LogP contribution in [0.15, 0.2) is 54.6 Å². The molecule has 0 bridgehead atoms. The van der Waals surface area contributed by atoms with Crippen molar-refractivity contribution in [1.29, 1.82) is 0 Å². The Balaban J connectivity index is 2.17. The van der Waals surface area contributed by atoms with Gasteiger partial charge >= 0.3 is 6.03 Å². The maximum atomic E-state index is 12.4. The average Bonchev–Trinajstić information content (AvgIpc) is 2.60. The van der Waals surface area contributed by atoms with E-state index >= 15 is 0 Å². The maximum absolute atomic E-state index is 12.4. The highest BCUT2D eigenvalue weighted by atomic mass is 16.3. The summed E-state index contributed by atoms with van der Waals surface area (Å²) in [6.07, 6.45) is 0.536. The molecular formula is C19H22N2O3. The first-order chi connectivity index (χ1) is 11.5. The number of anilines is 1. The van der Waals surface area contributed by atoms with Gasteiger partial charge in [-0.05, 0) is 31.0 Å². The van der Waals surface area contributed by atoms with Gasteiger partial charge in [-0.25, -0.2) is 4.79 Å². The Bertz CT molecular complexity index is 710. The van der Waals surface area contributed by atoms with Crippen LogP contribution in [0.4, 0.5) is 10.5 Å². The van der Waals surface area contributed by atoms with E-state index in [1.807, 2.05) is 37.3 Å². The molecule has 0 aromatic heterocycles. The third-order valence-electron chi connectivity index (χ3n) is 4.08. The highest BCUT2D eigenvalue weighted by Crippen LogP contribution is 2.24. The van der Waals surface area contributed by atoms with Crippen LogP contribution < -0.4 is 10.6 Å². The van der Waals surface area contributed by atoms with Gasteiger partial charge in [-0.15, -0.1) is 0 Å². The van der Waals surface area contributed by atoms with E-state index in [4.69, 9.17) is 0 Å². The number of urea groups is 1. The van der Waals surface area contributed by atoms with E-state index in [1.54, 1.807) is 24.3 Å². The fourth-order valence-corrected chi connectivity index (χ4v) is 2.56. The number of hydrogen-bond acceptors (Lipinski definition) is 3. The SMILES string of the molecule is CC[C@](CO)(NC(=O)Nc1cccc(C(C)=O)c1)c1ccccc1. The average molecular weight is 326 g/mol. The minimum absolute atomic E-state index is 0.0680. The van der Waals surface area contributed by atoms with Crippen molar-refractivity contribution in [2.75, 3.05) is 11.9 Å². The number of rotatable bonds is 6. The zero-order valence-corrected chi connectivity index (χ0v) is 13.9. The highest BCUT2D eigenvalue weighted by molar-refractivity contribution is 5.96. The first-order valence-electron chi connectivity index (χ1n) is 7.87. The van der Waals surface area contributed by atoms with E-state index in [1.165, 1.54) is 6.92 Å². The van der Waals surface area contributed by atoms with Gasteiger partial charge in [-0.3, -0.25) is 4.79 Å². The van der Waals surface area contributed by atoms with Crippen LogP contribution in [0.3, 0.4) is 0 Å². The van der Waals surface area contributed by atoms with Crippen LogP contribution >= 0.6 is 0 Å². The molecule has 3 N–H and O–H groups in total. The van der Waals surface area contributed by atoms with Crippen molar-refractivity contribution < 1.29 is 14.7 Å². The van der Waals surface area contributed by atoms with Gasteiger partial charge in [0.1, 0.15) is 0 Å². The van der Waals surface area contributed by atoms with Crippen molar-refractivity contribution in [2.24, 2.45) is 0 Å². The zero-order chi connectivity index (χ0) is 17.6. The summed E-state index contributed by atoms with van der Waals surface area (Å²) in [4.78, 5) is 23.8. The van der Waals surface area contributed by atoms with Crippen LogP contribution in [-0.2, 0) is 5.54 Å². The number of ketones is 1. The molecule has 126 valence electrons. The zero-order valence-electron chi connectivity index (χ0n) is 13.9.